The van der Waals surface area contributed by atoms with Crippen molar-refractivity contribution in [1.82, 2.24) is 4.98 Å². The number of rotatable bonds is 5. The first-order valence-corrected chi connectivity index (χ1v) is 11.8. The predicted molar refractivity (Wildman–Crippen MR) is 116 cm³/mol. The van der Waals surface area contributed by atoms with Crippen molar-refractivity contribution in [3.05, 3.63) is 53.6 Å². The number of hydrogen-bond acceptors (Lipinski definition) is 6. The number of nitrogens with zero attached hydrogens (tertiary/aromatic N) is 2. The van der Waals surface area contributed by atoms with E-state index >= 15 is 0 Å². The quantitative estimate of drug-likeness (QED) is 0.535. The molecular formula is C22H23ClN2O4S. The van der Waals surface area contributed by atoms with Crippen molar-refractivity contribution in [2.45, 2.75) is 35.6 Å². The van der Waals surface area contributed by atoms with Gasteiger partial charge < -0.3 is 14.1 Å². The first-order valence-electron chi connectivity index (χ1n) is 9.90. The molecule has 8 heteroatoms. The number of ether oxygens (including phenoxy) is 1. The predicted octanol–water partition coefficient (Wildman–Crippen LogP) is 5.22. The maximum atomic E-state index is 13.5. The Balaban J connectivity index is 1.87. The topological polar surface area (TPSA) is 72.6 Å². The number of halogens is 1. The van der Waals surface area contributed by atoms with Crippen molar-refractivity contribution in [3.63, 3.8) is 0 Å². The summed E-state index contributed by atoms with van der Waals surface area (Å²) < 4.78 is 38.5. The molecule has 6 nitrogen and oxygen atoms in total. The van der Waals surface area contributed by atoms with E-state index in [1.54, 1.807) is 31.4 Å². The Bertz CT molecular complexity index is 1120. The van der Waals surface area contributed by atoms with Gasteiger partial charge in [-0.15, -0.1) is 0 Å². The number of sulfone groups is 1. The molecule has 3 aromatic rings. The molecule has 0 amide bonds. The van der Waals surface area contributed by atoms with Crippen LogP contribution < -0.4 is 9.64 Å². The molecule has 0 unspecified atom stereocenters. The maximum Gasteiger partial charge on any atom is 0.236 e. The standard InChI is InChI=1S/C22H23ClN2O4S/c1-28-19-9-5-4-8-18(19)20-24-21(22(29-20)25-14-6-2-3-7-15-25)30(26,27)17-12-10-16(23)11-13-17/h4-5,8-13H,2-3,6-7,14-15H2,1H3. The van der Waals surface area contributed by atoms with Gasteiger partial charge in [0.25, 0.3) is 0 Å². The zero-order chi connectivity index (χ0) is 21.1. The summed E-state index contributed by atoms with van der Waals surface area (Å²) in [6.07, 6.45) is 4.18. The van der Waals surface area contributed by atoms with Crippen LogP contribution >= 0.6 is 11.6 Å². The Morgan fingerprint density at radius 1 is 1.00 bits per heavy atom. The molecule has 0 radical (unpaired) electrons. The number of para-hydroxylation sites is 1. The lowest BCUT2D eigenvalue weighted by Crippen LogP contribution is -2.25. The van der Waals surface area contributed by atoms with Crippen molar-refractivity contribution in [2.75, 3.05) is 25.1 Å². The monoisotopic (exact) mass is 446 g/mol. The van der Waals surface area contributed by atoms with Crippen LogP contribution in [-0.4, -0.2) is 33.6 Å². The van der Waals surface area contributed by atoms with E-state index in [2.05, 4.69) is 4.98 Å². The molecule has 0 spiro atoms. The Morgan fingerprint density at radius 3 is 2.33 bits per heavy atom. The second-order valence-electron chi connectivity index (χ2n) is 7.19. The van der Waals surface area contributed by atoms with Crippen molar-refractivity contribution in [1.29, 1.82) is 0 Å². The molecule has 4 rings (SSSR count). The van der Waals surface area contributed by atoms with Gasteiger partial charge in [-0.3, -0.25) is 0 Å². The second-order valence-corrected chi connectivity index (χ2v) is 9.49. The van der Waals surface area contributed by atoms with Crippen LogP contribution in [0.15, 0.2) is 62.9 Å². The van der Waals surface area contributed by atoms with Gasteiger partial charge in [0.05, 0.1) is 17.6 Å². The molecular weight excluding hydrogens is 424 g/mol. The van der Waals surface area contributed by atoms with Crippen LogP contribution in [0.4, 0.5) is 5.88 Å². The van der Waals surface area contributed by atoms with Crippen LogP contribution in [0, 0.1) is 0 Å². The fourth-order valence-electron chi connectivity index (χ4n) is 3.61. The van der Waals surface area contributed by atoms with Gasteiger partial charge in [0, 0.05) is 18.1 Å². The van der Waals surface area contributed by atoms with Crippen LogP contribution in [0.2, 0.25) is 5.02 Å². The molecule has 1 aliphatic rings. The van der Waals surface area contributed by atoms with E-state index in [0.717, 1.165) is 38.8 Å². The van der Waals surface area contributed by atoms with Crippen LogP contribution in [0.5, 0.6) is 5.75 Å². The van der Waals surface area contributed by atoms with E-state index in [9.17, 15) is 8.42 Å². The fraction of sp³-hybridized carbons (Fsp3) is 0.318. The molecule has 0 saturated carbocycles. The molecule has 0 atom stereocenters. The summed E-state index contributed by atoms with van der Waals surface area (Å²) in [6.45, 7) is 1.45. The average Bonchev–Trinajstić information content (AvgIpc) is 3.03. The van der Waals surface area contributed by atoms with Gasteiger partial charge in [-0.1, -0.05) is 36.6 Å². The summed E-state index contributed by atoms with van der Waals surface area (Å²) in [6, 6.07) is 13.4. The van der Waals surface area contributed by atoms with E-state index in [4.69, 9.17) is 20.8 Å². The third-order valence-electron chi connectivity index (χ3n) is 5.19. The first-order chi connectivity index (χ1) is 14.5. The molecule has 2 heterocycles. The average molecular weight is 447 g/mol. The minimum Gasteiger partial charge on any atom is -0.496 e. The minimum atomic E-state index is -3.90. The van der Waals surface area contributed by atoms with Gasteiger partial charge in [-0.2, -0.15) is 4.98 Å². The Kier molecular flexibility index (Phi) is 6.01. The van der Waals surface area contributed by atoms with E-state index in [1.807, 2.05) is 17.0 Å². The highest BCUT2D eigenvalue weighted by Gasteiger charge is 2.32. The van der Waals surface area contributed by atoms with Crippen LogP contribution in [0.25, 0.3) is 11.5 Å². The largest absolute Gasteiger partial charge is 0.496 e. The summed E-state index contributed by atoms with van der Waals surface area (Å²) in [5.74, 6) is 1.07. The van der Waals surface area contributed by atoms with Gasteiger partial charge in [0.1, 0.15) is 5.75 Å². The highest BCUT2D eigenvalue weighted by Crippen LogP contribution is 2.38. The van der Waals surface area contributed by atoms with E-state index in [1.165, 1.54) is 12.1 Å². The van der Waals surface area contributed by atoms with Crippen LogP contribution in [-0.2, 0) is 9.84 Å². The Labute approximate surface area is 181 Å². The van der Waals surface area contributed by atoms with Crippen LogP contribution in [0.1, 0.15) is 25.7 Å². The SMILES string of the molecule is COc1ccccc1-c1nc(S(=O)(=O)c2ccc(Cl)cc2)c(N2CCCCCC2)o1. The number of aromatic nitrogens is 1. The zero-order valence-corrected chi connectivity index (χ0v) is 18.2. The molecule has 1 saturated heterocycles. The second kappa shape index (κ2) is 8.70. The molecule has 1 fully saturated rings. The van der Waals surface area contributed by atoms with Gasteiger partial charge in [-0.05, 0) is 49.2 Å². The summed E-state index contributed by atoms with van der Waals surface area (Å²) >= 11 is 5.95. The number of benzene rings is 2. The Morgan fingerprint density at radius 2 is 1.67 bits per heavy atom. The summed E-state index contributed by atoms with van der Waals surface area (Å²) in [5, 5.41) is 0.393. The molecule has 0 bridgehead atoms. The van der Waals surface area contributed by atoms with E-state index in [0.29, 0.717) is 16.3 Å². The van der Waals surface area contributed by atoms with Gasteiger partial charge in [0.15, 0.2) is 0 Å². The van der Waals surface area contributed by atoms with E-state index in [-0.39, 0.29) is 21.7 Å². The number of oxazole rings is 1. The summed E-state index contributed by atoms with van der Waals surface area (Å²) in [4.78, 5) is 6.57. The minimum absolute atomic E-state index is 0.0763. The number of anilines is 1. The molecule has 1 aromatic heterocycles. The molecule has 30 heavy (non-hydrogen) atoms. The third kappa shape index (κ3) is 4.04. The van der Waals surface area contributed by atoms with Crippen molar-refractivity contribution in [2.24, 2.45) is 0 Å². The van der Waals surface area contributed by atoms with Gasteiger partial charge in [-0.25, -0.2) is 8.42 Å². The Hall–Kier alpha value is -2.51. The fourth-order valence-corrected chi connectivity index (χ4v) is 5.06. The maximum absolute atomic E-state index is 13.5. The summed E-state index contributed by atoms with van der Waals surface area (Å²) in [5.41, 5.74) is 0.605. The van der Waals surface area contributed by atoms with Gasteiger partial charge >= 0.3 is 0 Å². The smallest absolute Gasteiger partial charge is 0.236 e. The normalized spacial score (nSPS) is 15.1. The van der Waals surface area contributed by atoms with Gasteiger partial charge in [0.2, 0.25) is 26.6 Å². The molecule has 1 aliphatic heterocycles. The highest BCUT2D eigenvalue weighted by molar-refractivity contribution is 7.91. The summed E-state index contributed by atoms with van der Waals surface area (Å²) in [7, 11) is -2.34. The number of methoxy groups -OCH3 is 1. The molecule has 2 aromatic carbocycles. The van der Waals surface area contributed by atoms with Crippen molar-refractivity contribution in [3.8, 4) is 17.2 Å². The van der Waals surface area contributed by atoms with Crippen molar-refractivity contribution >= 4 is 27.3 Å². The molecule has 0 aliphatic carbocycles. The zero-order valence-electron chi connectivity index (χ0n) is 16.7. The molecule has 0 N–H and O–H groups in total. The van der Waals surface area contributed by atoms with E-state index < -0.39 is 9.84 Å². The van der Waals surface area contributed by atoms with Crippen LogP contribution in [0.3, 0.4) is 0 Å². The lowest BCUT2D eigenvalue weighted by molar-refractivity contribution is 0.414. The molecule has 158 valence electrons. The third-order valence-corrected chi connectivity index (χ3v) is 7.11. The lowest BCUT2D eigenvalue weighted by atomic mass is 10.2. The number of hydrogen-bond donors (Lipinski definition) is 0. The van der Waals surface area contributed by atoms with Crippen molar-refractivity contribution < 1.29 is 17.6 Å². The first kappa shape index (κ1) is 20.8. The highest BCUT2D eigenvalue weighted by atomic mass is 35.5. The lowest BCUT2D eigenvalue weighted by Gasteiger charge is -2.20.